The number of hydrogen-bond donors (Lipinski definition) is 1. The maximum atomic E-state index is 5.54. The van der Waals surface area contributed by atoms with Gasteiger partial charge in [0, 0.05) is 17.3 Å². The van der Waals surface area contributed by atoms with Gasteiger partial charge < -0.3 is 10.1 Å². The number of nitrogens with zero attached hydrogens (tertiary/aromatic N) is 1. The lowest BCUT2D eigenvalue weighted by atomic mass is 9.91. The number of hydrogen-bond acceptors (Lipinski definition) is 4. The Kier molecular flexibility index (Phi) is 4.27. The second-order valence-corrected chi connectivity index (χ2v) is 6.76. The molecular weight excluding hydrogens is 280 g/mol. The van der Waals surface area contributed by atoms with Crippen LogP contribution >= 0.6 is 11.3 Å². The van der Waals surface area contributed by atoms with Crippen molar-refractivity contribution in [2.45, 2.75) is 32.1 Å². The van der Waals surface area contributed by atoms with Crippen molar-refractivity contribution in [2.75, 3.05) is 20.7 Å². The highest BCUT2D eigenvalue weighted by molar-refractivity contribution is 7.15. The van der Waals surface area contributed by atoms with Crippen LogP contribution in [0, 0.1) is 6.92 Å². The summed E-state index contributed by atoms with van der Waals surface area (Å²) in [7, 11) is 3.75. The molecule has 1 aromatic heterocycles. The second kappa shape index (κ2) is 6.16. The molecule has 0 fully saturated rings. The fourth-order valence-corrected chi connectivity index (χ4v) is 4.26. The largest absolute Gasteiger partial charge is 0.496 e. The summed E-state index contributed by atoms with van der Waals surface area (Å²) in [4.78, 5) is 6.42. The Hall–Kier alpha value is -1.39. The molecule has 1 unspecified atom stereocenters. The minimum Gasteiger partial charge on any atom is -0.496 e. The first kappa shape index (κ1) is 14.5. The average Bonchev–Trinajstić information content (AvgIpc) is 2.92. The Bertz CT molecular complexity index is 636. The Morgan fingerprint density at radius 3 is 3.05 bits per heavy atom. The first-order valence-corrected chi connectivity index (χ1v) is 8.33. The smallest absolute Gasteiger partial charge is 0.129 e. The maximum absolute atomic E-state index is 5.54. The fourth-order valence-electron chi connectivity index (χ4n) is 3.04. The van der Waals surface area contributed by atoms with Crippen LogP contribution in [0.5, 0.6) is 5.75 Å². The molecule has 0 radical (unpaired) electrons. The SMILES string of the molecule is CNCC1CCCc2sc(-c3ccc(C)cc3OC)nc21. The van der Waals surface area contributed by atoms with Gasteiger partial charge in [-0.3, -0.25) is 0 Å². The summed E-state index contributed by atoms with van der Waals surface area (Å²) in [5.41, 5.74) is 3.63. The summed E-state index contributed by atoms with van der Waals surface area (Å²) in [6, 6.07) is 6.34. The number of thiazole rings is 1. The number of rotatable bonds is 4. The summed E-state index contributed by atoms with van der Waals surface area (Å²) in [6.07, 6.45) is 3.68. The third-order valence-electron chi connectivity index (χ3n) is 4.11. The number of aromatic nitrogens is 1. The summed E-state index contributed by atoms with van der Waals surface area (Å²) in [5, 5.41) is 4.39. The van der Waals surface area contributed by atoms with Crippen LogP contribution < -0.4 is 10.1 Å². The van der Waals surface area contributed by atoms with E-state index in [0.29, 0.717) is 5.92 Å². The van der Waals surface area contributed by atoms with Gasteiger partial charge in [-0.25, -0.2) is 4.98 Å². The zero-order chi connectivity index (χ0) is 14.8. The Morgan fingerprint density at radius 1 is 1.43 bits per heavy atom. The second-order valence-electron chi connectivity index (χ2n) is 5.68. The van der Waals surface area contributed by atoms with Crippen LogP contribution in [0.15, 0.2) is 18.2 Å². The molecule has 0 amide bonds. The molecular formula is C17H22N2OS. The van der Waals surface area contributed by atoms with E-state index in [0.717, 1.165) is 22.9 Å². The van der Waals surface area contributed by atoms with Gasteiger partial charge >= 0.3 is 0 Å². The number of methoxy groups -OCH3 is 1. The first-order chi connectivity index (χ1) is 10.2. The van der Waals surface area contributed by atoms with Crippen molar-refractivity contribution in [1.82, 2.24) is 10.3 Å². The highest BCUT2D eigenvalue weighted by Crippen LogP contribution is 2.40. The van der Waals surface area contributed by atoms with E-state index in [1.54, 1.807) is 7.11 Å². The minimum atomic E-state index is 0.556. The Labute approximate surface area is 130 Å². The molecule has 112 valence electrons. The number of ether oxygens (including phenoxy) is 1. The van der Waals surface area contributed by atoms with Gasteiger partial charge in [-0.05, 0) is 50.9 Å². The number of aryl methyl sites for hydroxylation is 2. The zero-order valence-corrected chi connectivity index (χ0v) is 13.7. The van der Waals surface area contributed by atoms with Crippen LogP contribution in [0.1, 0.15) is 34.9 Å². The van der Waals surface area contributed by atoms with E-state index >= 15 is 0 Å². The third kappa shape index (κ3) is 2.83. The molecule has 1 N–H and O–H groups in total. The summed E-state index contributed by atoms with van der Waals surface area (Å²) >= 11 is 1.83. The van der Waals surface area contributed by atoms with Crippen LogP contribution in [-0.4, -0.2) is 25.7 Å². The Morgan fingerprint density at radius 2 is 2.29 bits per heavy atom. The van der Waals surface area contributed by atoms with Crippen LogP contribution in [0.4, 0.5) is 0 Å². The van der Waals surface area contributed by atoms with Crippen molar-refractivity contribution in [3.05, 3.63) is 34.3 Å². The molecule has 3 nitrogen and oxygen atoms in total. The molecule has 0 bridgehead atoms. The van der Waals surface area contributed by atoms with Gasteiger partial charge in [0.25, 0.3) is 0 Å². The van der Waals surface area contributed by atoms with Gasteiger partial charge in [0.2, 0.25) is 0 Å². The van der Waals surface area contributed by atoms with Crippen LogP contribution in [0.2, 0.25) is 0 Å². The van der Waals surface area contributed by atoms with Crippen molar-refractivity contribution < 1.29 is 4.74 Å². The molecule has 1 aromatic carbocycles. The molecule has 4 heteroatoms. The van der Waals surface area contributed by atoms with E-state index < -0.39 is 0 Å². The van der Waals surface area contributed by atoms with E-state index in [1.807, 2.05) is 18.4 Å². The number of benzene rings is 1. The monoisotopic (exact) mass is 302 g/mol. The van der Waals surface area contributed by atoms with Crippen LogP contribution in [0.25, 0.3) is 10.6 Å². The number of fused-ring (bicyclic) bond motifs is 1. The van der Waals surface area contributed by atoms with Gasteiger partial charge in [0.15, 0.2) is 0 Å². The Balaban J connectivity index is 2.01. The van der Waals surface area contributed by atoms with Crippen molar-refractivity contribution in [3.8, 4) is 16.3 Å². The molecule has 21 heavy (non-hydrogen) atoms. The van der Waals surface area contributed by atoms with Gasteiger partial charge in [0.1, 0.15) is 10.8 Å². The standard InChI is InChI=1S/C17H22N2OS/c1-11-7-8-13(14(9-11)20-3)17-19-16-12(10-18-2)5-4-6-15(16)21-17/h7-9,12,18H,4-6,10H2,1-3H3. The van der Waals surface area contributed by atoms with Crippen LogP contribution in [-0.2, 0) is 6.42 Å². The predicted octanol–water partition coefficient (Wildman–Crippen LogP) is 3.77. The average molecular weight is 302 g/mol. The lowest BCUT2D eigenvalue weighted by Gasteiger charge is -2.20. The molecule has 1 aliphatic carbocycles. The van der Waals surface area contributed by atoms with Crippen molar-refractivity contribution in [3.63, 3.8) is 0 Å². The van der Waals surface area contributed by atoms with Gasteiger partial charge in [-0.1, -0.05) is 6.07 Å². The van der Waals surface area contributed by atoms with Gasteiger partial charge in [0.05, 0.1) is 18.4 Å². The molecule has 0 spiro atoms. The molecule has 1 atom stereocenters. The lowest BCUT2D eigenvalue weighted by Crippen LogP contribution is -2.20. The van der Waals surface area contributed by atoms with Gasteiger partial charge in [-0.15, -0.1) is 11.3 Å². The maximum Gasteiger partial charge on any atom is 0.129 e. The number of likely N-dealkylation sites (N-methyl/N-ethyl adjacent to an activating group) is 1. The van der Waals surface area contributed by atoms with E-state index in [4.69, 9.17) is 9.72 Å². The molecule has 1 heterocycles. The molecule has 3 rings (SSSR count). The minimum absolute atomic E-state index is 0.556. The normalized spacial score (nSPS) is 17.6. The van der Waals surface area contributed by atoms with E-state index in [2.05, 4.69) is 30.4 Å². The predicted molar refractivity (Wildman–Crippen MR) is 88.4 cm³/mol. The van der Waals surface area contributed by atoms with Crippen LogP contribution in [0.3, 0.4) is 0 Å². The molecule has 0 saturated carbocycles. The summed E-state index contributed by atoms with van der Waals surface area (Å²) < 4.78 is 5.54. The summed E-state index contributed by atoms with van der Waals surface area (Å²) in [6.45, 7) is 3.10. The van der Waals surface area contributed by atoms with E-state index in [9.17, 15) is 0 Å². The topological polar surface area (TPSA) is 34.1 Å². The summed E-state index contributed by atoms with van der Waals surface area (Å²) in [5.74, 6) is 1.48. The van der Waals surface area contributed by atoms with Gasteiger partial charge in [-0.2, -0.15) is 0 Å². The van der Waals surface area contributed by atoms with E-state index in [-0.39, 0.29) is 0 Å². The zero-order valence-electron chi connectivity index (χ0n) is 12.9. The first-order valence-electron chi connectivity index (χ1n) is 7.52. The fraction of sp³-hybridized carbons (Fsp3) is 0.471. The van der Waals surface area contributed by atoms with Crippen molar-refractivity contribution >= 4 is 11.3 Å². The third-order valence-corrected chi connectivity index (χ3v) is 5.27. The highest BCUT2D eigenvalue weighted by atomic mass is 32.1. The molecule has 1 aliphatic rings. The number of nitrogens with one attached hydrogen (secondary N) is 1. The quantitative estimate of drug-likeness (QED) is 0.933. The van der Waals surface area contributed by atoms with E-state index in [1.165, 1.54) is 35.4 Å². The van der Waals surface area contributed by atoms with Crippen molar-refractivity contribution in [2.24, 2.45) is 0 Å². The lowest BCUT2D eigenvalue weighted by molar-refractivity contribution is 0.416. The molecule has 2 aromatic rings. The molecule has 0 aliphatic heterocycles. The molecule has 0 saturated heterocycles. The highest BCUT2D eigenvalue weighted by Gasteiger charge is 2.25. The van der Waals surface area contributed by atoms with Crippen molar-refractivity contribution in [1.29, 1.82) is 0 Å².